The first-order chi connectivity index (χ1) is 13.2. The van der Waals surface area contributed by atoms with E-state index in [0.29, 0.717) is 45.7 Å². The summed E-state index contributed by atoms with van der Waals surface area (Å²) in [6, 6.07) is 0. The van der Waals surface area contributed by atoms with Crippen molar-refractivity contribution in [1.82, 2.24) is 0 Å². The van der Waals surface area contributed by atoms with Crippen molar-refractivity contribution in [3.05, 3.63) is 0 Å². The van der Waals surface area contributed by atoms with Gasteiger partial charge in [-0.25, -0.2) is 0 Å². The van der Waals surface area contributed by atoms with Crippen LogP contribution in [0.15, 0.2) is 0 Å². The third kappa shape index (κ3) is 22.3. The van der Waals surface area contributed by atoms with Crippen LogP contribution < -0.4 is 0 Å². The zero-order valence-electron chi connectivity index (χ0n) is 17.0. The van der Waals surface area contributed by atoms with E-state index in [1.807, 2.05) is 0 Å². The van der Waals surface area contributed by atoms with Gasteiger partial charge in [-0.1, -0.05) is 38.5 Å². The summed E-state index contributed by atoms with van der Waals surface area (Å²) >= 11 is 9.59. The van der Waals surface area contributed by atoms with E-state index >= 15 is 0 Å². The molecule has 1 atom stereocenters. The van der Waals surface area contributed by atoms with Crippen LogP contribution in [0, 0.1) is 0 Å². The number of hydrogen-bond donors (Lipinski definition) is 1. The van der Waals surface area contributed by atoms with E-state index in [1.165, 1.54) is 44.9 Å². The summed E-state index contributed by atoms with van der Waals surface area (Å²) in [6.07, 6.45) is 10.5. The number of thiol groups is 1. The van der Waals surface area contributed by atoms with Gasteiger partial charge in [0.2, 0.25) is 0 Å². The Morgan fingerprint density at radius 2 is 1.33 bits per heavy atom. The van der Waals surface area contributed by atoms with Crippen LogP contribution in [0.4, 0.5) is 0 Å². The van der Waals surface area contributed by atoms with Gasteiger partial charge in [0.1, 0.15) is 6.61 Å². The van der Waals surface area contributed by atoms with Crippen molar-refractivity contribution in [2.45, 2.75) is 64.4 Å². The molecule has 0 aromatic rings. The van der Waals surface area contributed by atoms with E-state index < -0.39 is 0 Å². The molecule has 0 spiro atoms. The number of ether oxygens (including phenoxy) is 4. The van der Waals surface area contributed by atoms with Crippen LogP contribution in [0.25, 0.3) is 0 Å². The molecule has 162 valence electrons. The molecule has 0 aromatic heterocycles. The molecule has 0 aliphatic carbocycles. The predicted molar refractivity (Wildman–Crippen MR) is 114 cm³/mol. The fraction of sp³-hybridized carbons (Fsp3) is 0.950. The first-order valence-corrected chi connectivity index (χ1v) is 11.4. The van der Waals surface area contributed by atoms with Gasteiger partial charge in [-0.15, -0.1) is 11.6 Å². The molecule has 0 aliphatic rings. The fourth-order valence-corrected chi connectivity index (χ4v) is 2.78. The maximum Gasteiger partial charge on any atom is 0.173 e. The van der Waals surface area contributed by atoms with Gasteiger partial charge in [-0.2, -0.15) is 12.6 Å². The molecule has 5 nitrogen and oxygen atoms in total. The Morgan fingerprint density at radius 1 is 0.815 bits per heavy atom. The number of unbranched alkanes of at least 4 members (excludes halogenated alkanes) is 6. The normalized spacial score (nSPS) is 12.4. The standard InChI is InChI=1S/C20H39ClO5S/c1-19(9-7-5-3-2-4-6-8-16-27)26-15-14-24-11-10-23-12-13-25-18-20(22)17-21/h19,27H,2-18H2,1H3. The van der Waals surface area contributed by atoms with Crippen molar-refractivity contribution in [1.29, 1.82) is 0 Å². The highest BCUT2D eigenvalue weighted by Gasteiger charge is 2.02. The van der Waals surface area contributed by atoms with Crippen LogP contribution in [0.1, 0.15) is 58.3 Å². The van der Waals surface area contributed by atoms with Crippen molar-refractivity contribution < 1.29 is 23.7 Å². The maximum atomic E-state index is 10.9. The quantitative estimate of drug-likeness (QED) is 0.159. The van der Waals surface area contributed by atoms with Crippen molar-refractivity contribution in [2.24, 2.45) is 0 Å². The monoisotopic (exact) mass is 426 g/mol. The molecule has 0 saturated heterocycles. The second-order valence-electron chi connectivity index (χ2n) is 6.62. The van der Waals surface area contributed by atoms with E-state index in [9.17, 15) is 4.79 Å². The minimum absolute atomic E-state index is 0.00757. The molecule has 0 bridgehead atoms. The van der Waals surface area contributed by atoms with E-state index in [-0.39, 0.29) is 18.3 Å². The summed E-state index contributed by atoms with van der Waals surface area (Å²) in [5.74, 6) is 0.889. The number of carbonyl (C=O) groups excluding carboxylic acids is 1. The Hall–Kier alpha value is 0.150. The van der Waals surface area contributed by atoms with Crippen LogP contribution in [0.3, 0.4) is 0 Å². The molecular weight excluding hydrogens is 388 g/mol. The topological polar surface area (TPSA) is 54.0 Å². The largest absolute Gasteiger partial charge is 0.377 e. The van der Waals surface area contributed by atoms with Crippen LogP contribution >= 0.6 is 24.2 Å². The maximum absolute atomic E-state index is 10.9. The number of alkyl halides is 1. The fourth-order valence-electron chi connectivity index (χ4n) is 2.48. The van der Waals surface area contributed by atoms with Gasteiger partial charge >= 0.3 is 0 Å². The third-order valence-corrected chi connectivity index (χ3v) is 4.67. The van der Waals surface area contributed by atoms with Crippen molar-refractivity contribution in [3.8, 4) is 0 Å². The highest BCUT2D eigenvalue weighted by Crippen LogP contribution is 2.11. The smallest absolute Gasteiger partial charge is 0.173 e. The van der Waals surface area contributed by atoms with Gasteiger partial charge in [0.25, 0.3) is 0 Å². The van der Waals surface area contributed by atoms with Crippen molar-refractivity contribution in [2.75, 3.05) is 57.9 Å². The molecule has 0 amide bonds. The van der Waals surface area contributed by atoms with Gasteiger partial charge in [0.05, 0.1) is 51.6 Å². The lowest BCUT2D eigenvalue weighted by molar-refractivity contribution is -0.121. The molecular formula is C20H39ClO5S. The molecule has 0 aliphatic heterocycles. The molecule has 0 N–H and O–H groups in total. The Morgan fingerprint density at radius 3 is 1.93 bits per heavy atom. The lowest BCUT2D eigenvalue weighted by atomic mass is 10.1. The number of rotatable bonds is 22. The summed E-state index contributed by atoms with van der Waals surface area (Å²) in [6.45, 7) is 5.26. The summed E-state index contributed by atoms with van der Waals surface area (Å²) < 4.78 is 21.7. The highest BCUT2D eigenvalue weighted by molar-refractivity contribution is 7.80. The second-order valence-corrected chi connectivity index (χ2v) is 7.33. The van der Waals surface area contributed by atoms with Gasteiger partial charge in [-0.05, 0) is 25.5 Å². The Balaban J connectivity index is 3.16. The van der Waals surface area contributed by atoms with Crippen LogP contribution in [0.5, 0.6) is 0 Å². The lowest BCUT2D eigenvalue weighted by Crippen LogP contribution is -2.16. The highest BCUT2D eigenvalue weighted by atomic mass is 35.5. The number of hydrogen-bond acceptors (Lipinski definition) is 6. The minimum Gasteiger partial charge on any atom is -0.377 e. The van der Waals surface area contributed by atoms with E-state index in [0.717, 1.165) is 12.2 Å². The molecule has 0 radical (unpaired) electrons. The third-order valence-electron chi connectivity index (χ3n) is 4.05. The van der Waals surface area contributed by atoms with Gasteiger partial charge < -0.3 is 18.9 Å². The molecule has 0 aromatic carbocycles. The number of halogens is 1. The Kier molecular flexibility index (Phi) is 22.6. The zero-order valence-corrected chi connectivity index (χ0v) is 18.6. The Bertz CT molecular complexity index is 321. The SMILES string of the molecule is CC(CCCCCCCCCS)OCCOCCOCCOCC(=O)CCl. The Labute approximate surface area is 176 Å². The number of ketones is 1. The zero-order chi connectivity index (χ0) is 20.0. The van der Waals surface area contributed by atoms with E-state index in [1.54, 1.807) is 0 Å². The van der Waals surface area contributed by atoms with E-state index in [2.05, 4.69) is 19.6 Å². The van der Waals surface area contributed by atoms with Crippen molar-refractivity contribution in [3.63, 3.8) is 0 Å². The molecule has 0 heterocycles. The molecule has 0 rings (SSSR count). The van der Waals surface area contributed by atoms with Crippen LogP contribution in [-0.2, 0) is 23.7 Å². The molecule has 27 heavy (non-hydrogen) atoms. The van der Waals surface area contributed by atoms with Gasteiger partial charge in [0, 0.05) is 0 Å². The molecule has 0 saturated carbocycles. The number of Topliss-reactive ketones (excluding diaryl/α,β-unsaturated/α-hetero) is 1. The summed E-state index contributed by atoms with van der Waals surface area (Å²) in [4.78, 5) is 10.9. The number of carbonyl (C=O) groups is 1. The molecule has 7 heteroatoms. The first-order valence-electron chi connectivity index (χ1n) is 10.2. The summed E-state index contributed by atoms with van der Waals surface area (Å²) in [5, 5.41) is 0. The molecule has 1 unspecified atom stereocenters. The summed E-state index contributed by atoms with van der Waals surface area (Å²) in [5.41, 5.74) is 0. The lowest BCUT2D eigenvalue weighted by Gasteiger charge is -2.13. The van der Waals surface area contributed by atoms with Gasteiger partial charge in [-0.3, -0.25) is 4.79 Å². The summed E-state index contributed by atoms with van der Waals surface area (Å²) in [7, 11) is 0. The first kappa shape index (κ1) is 27.1. The molecule has 0 fully saturated rings. The second kappa shape index (κ2) is 22.4. The van der Waals surface area contributed by atoms with E-state index in [4.69, 9.17) is 30.5 Å². The average Bonchev–Trinajstić information content (AvgIpc) is 2.67. The minimum atomic E-state index is -0.117. The van der Waals surface area contributed by atoms with Crippen molar-refractivity contribution >= 4 is 30.0 Å². The van der Waals surface area contributed by atoms with Gasteiger partial charge in [0.15, 0.2) is 5.78 Å². The van der Waals surface area contributed by atoms with Crippen LogP contribution in [-0.4, -0.2) is 69.8 Å². The predicted octanol–water partition coefficient (Wildman–Crippen LogP) is 4.30. The average molecular weight is 427 g/mol. The van der Waals surface area contributed by atoms with Crippen LogP contribution in [0.2, 0.25) is 0 Å².